The van der Waals surface area contributed by atoms with Crippen molar-refractivity contribution in [3.8, 4) is 17.0 Å². The highest BCUT2D eigenvalue weighted by Gasteiger charge is 2.12. The molecule has 0 saturated heterocycles. The van der Waals surface area contributed by atoms with Gasteiger partial charge in [-0.05, 0) is 61.0 Å². The lowest BCUT2D eigenvalue weighted by Crippen LogP contribution is -2.24. The molecule has 0 atom stereocenters. The van der Waals surface area contributed by atoms with Crippen LogP contribution in [0, 0.1) is 5.82 Å². The van der Waals surface area contributed by atoms with Crippen LogP contribution in [0.3, 0.4) is 0 Å². The zero-order valence-corrected chi connectivity index (χ0v) is 17.6. The Kier molecular flexibility index (Phi) is 6.42. The molecule has 1 N–H and O–H groups in total. The second-order valence-electron chi connectivity index (χ2n) is 6.62. The Morgan fingerprint density at radius 2 is 1.84 bits per heavy atom. The van der Waals surface area contributed by atoms with Crippen LogP contribution in [0.1, 0.15) is 12.5 Å². The topological polar surface area (TPSA) is 81.4 Å². The van der Waals surface area contributed by atoms with Gasteiger partial charge in [0.25, 0.3) is 0 Å². The fourth-order valence-electron chi connectivity index (χ4n) is 2.89. The summed E-state index contributed by atoms with van der Waals surface area (Å²) in [6.07, 6.45) is 0. The summed E-state index contributed by atoms with van der Waals surface area (Å²) in [6.45, 7) is 2.89. The number of aromatic nitrogens is 4. The Balaban J connectivity index is 1.41. The van der Waals surface area contributed by atoms with E-state index in [1.165, 1.54) is 23.9 Å². The van der Waals surface area contributed by atoms with Crippen molar-refractivity contribution in [2.45, 2.75) is 18.6 Å². The van der Waals surface area contributed by atoms with Crippen molar-refractivity contribution in [2.24, 2.45) is 0 Å². The number of rotatable bonds is 8. The molecule has 4 rings (SSSR count). The Hall–Kier alpha value is -3.46. The van der Waals surface area contributed by atoms with E-state index in [4.69, 9.17) is 4.74 Å². The number of carbonyl (C=O) groups excluding carboxylic acids is 1. The molecule has 2 aromatic carbocycles. The predicted octanol–water partition coefficient (Wildman–Crippen LogP) is 3.74. The molecule has 0 spiro atoms. The average Bonchev–Trinajstić information content (AvgIpc) is 3.20. The molecule has 31 heavy (non-hydrogen) atoms. The Morgan fingerprint density at radius 1 is 1.06 bits per heavy atom. The van der Waals surface area contributed by atoms with E-state index in [0.717, 1.165) is 22.6 Å². The quantitative estimate of drug-likeness (QED) is 0.423. The number of amides is 1. The van der Waals surface area contributed by atoms with E-state index in [9.17, 15) is 9.18 Å². The van der Waals surface area contributed by atoms with Gasteiger partial charge in [-0.3, -0.25) is 4.79 Å². The Morgan fingerprint density at radius 3 is 2.58 bits per heavy atom. The minimum atomic E-state index is -0.304. The maximum atomic E-state index is 13.0. The molecule has 158 valence electrons. The van der Waals surface area contributed by atoms with Gasteiger partial charge in [0.1, 0.15) is 11.6 Å². The molecule has 2 heterocycles. The van der Waals surface area contributed by atoms with Gasteiger partial charge in [0.05, 0.1) is 18.1 Å². The fraction of sp³-hybridized carbons (Fsp3) is 0.182. The zero-order valence-electron chi connectivity index (χ0n) is 16.8. The third-order valence-corrected chi connectivity index (χ3v) is 5.35. The van der Waals surface area contributed by atoms with Crippen molar-refractivity contribution in [1.82, 2.24) is 25.1 Å². The standard InChI is InChI=1S/C22H20FN5O2S/c1-2-30-18-9-5-16(6-10-18)19-11-12-20-25-26-22(28(20)27-19)31-14-21(29)24-13-15-3-7-17(23)8-4-15/h3-12H,2,13-14H2,1H3,(H,24,29). The number of fused-ring (bicyclic) bond motifs is 1. The highest BCUT2D eigenvalue weighted by molar-refractivity contribution is 7.99. The lowest BCUT2D eigenvalue weighted by atomic mass is 10.1. The molecule has 0 aliphatic carbocycles. The van der Waals surface area contributed by atoms with Crippen molar-refractivity contribution >= 4 is 23.3 Å². The van der Waals surface area contributed by atoms with E-state index < -0.39 is 0 Å². The van der Waals surface area contributed by atoms with Crippen molar-refractivity contribution in [3.63, 3.8) is 0 Å². The summed E-state index contributed by atoms with van der Waals surface area (Å²) in [5, 5.41) is 16.2. The van der Waals surface area contributed by atoms with Gasteiger partial charge in [-0.15, -0.1) is 10.2 Å². The molecule has 0 saturated carbocycles. The second kappa shape index (κ2) is 9.57. The highest BCUT2D eigenvalue weighted by Crippen LogP contribution is 2.23. The number of carbonyl (C=O) groups is 1. The normalized spacial score (nSPS) is 10.9. The summed E-state index contributed by atoms with van der Waals surface area (Å²) in [5.41, 5.74) is 3.13. The first-order valence-corrected chi connectivity index (χ1v) is 10.7. The molecule has 2 aromatic heterocycles. The van der Waals surface area contributed by atoms with Gasteiger partial charge in [-0.25, -0.2) is 4.39 Å². The van der Waals surface area contributed by atoms with Gasteiger partial charge in [0.15, 0.2) is 5.65 Å². The predicted molar refractivity (Wildman–Crippen MR) is 116 cm³/mol. The summed E-state index contributed by atoms with van der Waals surface area (Å²) >= 11 is 1.25. The van der Waals surface area contributed by atoms with Crippen molar-refractivity contribution in [2.75, 3.05) is 12.4 Å². The van der Waals surface area contributed by atoms with Crippen LogP contribution in [-0.4, -0.2) is 38.1 Å². The molecule has 4 aromatic rings. The molecular formula is C22H20FN5O2S. The van der Waals surface area contributed by atoms with Crippen LogP contribution in [0.2, 0.25) is 0 Å². The van der Waals surface area contributed by atoms with Crippen LogP contribution >= 0.6 is 11.8 Å². The van der Waals surface area contributed by atoms with Crippen molar-refractivity contribution < 1.29 is 13.9 Å². The van der Waals surface area contributed by atoms with E-state index in [-0.39, 0.29) is 17.5 Å². The number of halogens is 1. The third-order valence-electron chi connectivity index (χ3n) is 4.43. The number of hydrogen-bond donors (Lipinski definition) is 1. The highest BCUT2D eigenvalue weighted by atomic mass is 32.2. The number of hydrogen-bond acceptors (Lipinski definition) is 6. The van der Waals surface area contributed by atoms with E-state index in [2.05, 4.69) is 20.6 Å². The van der Waals surface area contributed by atoms with E-state index in [0.29, 0.717) is 24.0 Å². The lowest BCUT2D eigenvalue weighted by Gasteiger charge is -2.06. The first kappa shape index (κ1) is 20.8. The smallest absolute Gasteiger partial charge is 0.230 e. The van der Waals surface area contributed by atoms with Crippen molar-refractivity contribution in [3.05, 3.63) is 72.0 Å². The summed E-state index contributed by atoms with van der Waals surface area (Å²) in [4.78, 5) is 12.2. The number of nitrogens with one attached hydrogen (secondary N) is 1. The molecule has 0 radical (unpaired) electrons. The molecule has 0 bridgehead atoms. The van der Waals surface area contributed by atoms with Crippen LogP contribution in [0.4, 0.5) is 4.39 Å². The number of thioether (sulfide) groups is 1. The largest absolute Gasteiger partial charge is 0.494 e. The summed E-state index contributed by atoms with van der Waals surface area (Å²) in [6, 6.07) is 17.4. The van der Waals surface area contributed by atoms with Gasteiger partial charge in [-0.1, -0.05) is 23.9 Å². The fourth-order valence-corrected chi connectivity index (χ4v) is 3.60. The average molecular weight is 438 g/mol. The lowest BCUT2D eigenvalue weighted by molar-refractivity contribution is -0.118. The van der Waals surface area contributed by atoms with Crippen molar-refractivity contribution in [1.29, 1.82) is 0 Å². The SMILES string of the molecule is CCOc1ccc(-c2ccc3nnc(SCC(=O)NCc4ccc(F)cc4)n3n2)cc1. The minimum Gasteiger partial charge on any atom is -0.494 e. The van der Waals surface area contributed by atoms with Gasteiger partial charge in [-0.2, -0.15) is 9.61 Å². The van der Waals surface area contributed by atoms with Gasteiger partial charge in [0.2, 0.25) is 11.1 Å². The monoisotopic (exact) mass is 437 g/mol. The molecule has 0 fully saturated rings. The maximum absolute atomic E-state index is 13.0. The van der Waals surface area contributed by atoms with E-state index in [1.54, 1.807) is 16.6 Å². The molecule has 1 amide bonds. The van der Waals surface area contributed by atoms with Gasteiger partial charge >= 0.3 is 0 Å². The second-order valence-corrected chi connectivity index (χ2v) is 7.56. The minimum absolute atomic E-state index is 0.159. The third kappa shape index (κ3) is 5.18. The van der Waals surface area contributed by atoms with Gasteiger partial charge in [0, 0.05) is 12.1 Å². The number of ether oxygens (including phenoxy) is 1. The van der Waals surface area contributed by atoms with Crippen LogP contribution in [-0.2, 0) is 11.3 Å². The molecule has 0 aliphatic rings. The molecular weight excluding hydrogens is 417 g/mol. The van der Waals surface area contributed by atoms with Gasteiger partial charge < -0.3 is 10.1 Å². The first-order valence-electron chi connectivity index (χ1n) is 9.72. The summed E-state index contributed by atoms with van der Waals surface area (Å²) < 4.78 is 20.1. The van der Waals surface area contributed by atoms with Crippen LogP contribution in [0.5, 0.6) is 5.75 Å². The summed E-state index contributed by atoms with van der Waals surface area (Å²) in [5.74, 6) is 0.506. The Bertz CT molecular complexity index is 1180. The molecule has 0 aliphatic heterocycles. The maximum Gasteiger partial charge on any atom is 0.230 e. The van der Waals surface area contributed by atoms with Crippen LogP contribution in [0.25, 0.3) is 16.9 Å². The van der Waals surface area contributed by atoms with Crippen LogP contribution in [0.15, 0.2) is 65.8 Å². The number of nitrogens with zero attached hydrogens (tertiary/aromatic N) is 4. The van der Waals surface area contributed by atoms with E-state index in [1.807, 2.05) is 43.3 Å². The number of benzene rings is 2. The zero-order chi connectivity index (χ0) is 21.6. The van der Waals surface area contributed by atoms with Crippen LogP contribution < -0.4 is 10.1 Å². The molecule has 9 heteroatoms. The summed E-state index contributed by atoms with van der Waals surface area (Å²) in [7, 11) is 0. The first-order chi connectivity index (χ1) is 15.1. The molecule has 7 nitrogen and oxygen atoms in total. The van der Waals surface area contributed by atoms with E-state index >= 15 is 0 Å². The molecule has 0 unspecified atom stereocenters. The Labute approximate surface area is 182 Å².